The first kappa shape index (κ1) is 15.8. The fraction of sp³-hybridized carbons (Fsp3) is 0.294. The second-order valence-electron chi connectivity index (χ2n) is 5.91. The molecule has 4 rings (SSSR count). The van der Waals surface area contributed by atoms with Crippen LogP contribution in [0.25, 0.3) is 10.6 Å². The number of carbonyl (C=O) groups is 1. The summed E-state index contributed by atoms with van der Waals surface area (Å²) in [4.78, 5) is 15.6. The largest absolute Gasteiger partial charge is 0.363 e. The lowest BCUT2D eigenvalue weighted by Gasteiger charge is -2.32. The molecule has 1 saturated heterocycles. The van der Waals surface area contributed by atoms with Crippen molar-refractivity contribution in [3.8, 4) is 10.6 Å². The summed E-state index contributed by atoms with van der Waals surface area (Å²) in [7, 11) is 0. The number of amides is 1. The van der Waals surface area contributed by atoms with E-state index in [0.29, 0.717) is 12.4 Å². The summed E-state index contributed by atoms with van der Waals surface area (Å²) in [6.07, 6.45) is 3.22. The molecule has 0 radical (unpaired) electrons. The van der Waals surface area contributed by atoms with Gasteiger partial charge in [-0.2, -0.15) is 0 Å². The van der Waals surface area contributed by atoms with Crippen molar-refractivity contribution >= 4 is 28.9 Å². The minimum absolute atomic E-state index is 0.0400. The van der Waals surface area contributed by atoms with E-state index in [4.69, 9.17) is 4.52 Å². The normalized spacial score (nSPS) is 17.4. The molecule has 3 aromatic rings. The van der Waals surface area contributed by atoms with Crippen LogP contribution in [-0.4, -0.2) is 34.4 Å². The lowest BCUT2D eigenvalue weighted by atomic mass is 9.97. The van der Waals surface area contributed by atoms with Gasteiger partial charge in [-0.05, 0) is 36.4 Å². The van der Waals surface area contributed by atoms with Crippen LogP contribution in [0.15, 0.2) is 46.5 Å². The van der Waals surface area contributed by atoms with Crippen LogP contribution in [0.5, 0.6) is 0 Å². The van der Waals surface area contributed by atoms with Crippen molar-refractivity contribution in [1.82, 2.24) is 15.4 Å². The Balaban J connectivity index is 1.43. The molecule has 1 N–H and O–H groups in total. The third-order valence-electron chi connectivity index (χ3n) is 4.23. The zero-order chi connectivity index (χ0) is 17.1. The Morgan fingerprint density at radius 1 is 1.28 bits per heavy atom. The number of hydrogen-bond acceptors (Lipinski definition) is 7. The van der Waals surface area contributed by atoms with Gasteiger partial charge in [0.1, 0.15) is 12.0 Å². The van der Waals surface area contributed by atoms with E-state index in [1.165, 1.54) is 6.26 Å². The minimum atomic E-state index is -0.107. The Morgan fingerprint density at radius 3 is 2.96 bits per heavy atom. The van der Waals surface area contributed by atoms with E-state index in [2.05, 4.69) is 25.6 Å². The van der Waals surface area contributed by atoms with Crippen LogP contribution in [-0.2, 0) is 4.79 Å². The fourth-order valence-electron chi connectivity index (χ4n) is 2.95. The lowest BCUT2D eigenvalue weighted by Crippen LogP contribution is -2.41. The van der Waals surface area contributed by atoms with Crippen LogP contribution in [0.1, 0.15) is 12.8 Å². The fourth-order valence-corrected chi connectivity index (χ4v) is 3.64. The smallest absolute Gasteiger partial charge is 0.230 e. The summed E-state index contributed by atoms with van der Waals surface area (Å²) in [6, 6.07) is 9.61. The average molecular weight is 355 g/mol. The molecule has 1 aliphatic heterocycles. The molecule has 0 spiro atoms. The van der Waals surface area contributed by atoms with Crippen molar-refractivity contribution in [1.29, 1.82) is 0 Å². The summed E-state index contributed by atoms with van der Waals surface area (Å²) in [6.45, 7) is 1.50. The molecular weight excluding hydrogens is 338 g/mol. The number of nitrogens with zero attached hydrogens (tertiary/aromatic N) is 4. The maximum atomic E-state index is 12.4. The molecule has 1 unspecified atom stereocenters. The van der Waals surface area contributed by atoms with E-state index in [9.17, 15) is 4.79 Å². The first-order valence-electron chi connectivity index (χ1n) is 8.13. The number of anilines is 2. The van der Waals surface area contributed by atoms with Crippen molar-refractivity contribution in [2.24, 2.45) is 5.92 Å². The summed E-state index contributed by atoms with van der Waals surface area (Å²) in [5, 5.41) is 17.2. The number of piperidine rings is 1. The molecule has 0 aliphatic carbocycles. The Labute approximate surface area is 148 Å². The standard InChI is InChI=1S/C17H17N5O2S/c23-17(18-15-7-9-24-21-15)12-3-1-8-22(11-12)16-6-5-13(19-20-16)14-4-2-10-25-14/h2,4-7,9-10,12H,1,3,8,11H2,(H,18,21,23). The monoisotopic (exact) mass is 355 g/mol. The first-order valence-corrected chi connectivity index (χ1v) is 9.01. The quantitative estimate of drug-likeness (QED) is 0.774. The van der Waals surface area contributed by atoms with Gasteiger partial charge in [-0.15, -0.1) is 21.5 Å². The van der Waals surface area contributed by atoms with Crippen LogP contribution < -0.4 is 10.2 Å². The molecule has 1 aliphatic rings. The van der Waals surface area contributed by atoms with E-state index >= 15 is 0 Å². The van der Waals surface area contributed by atoms with Gasteiger partial charge in [-0.25, -0.2) is 0 Å². The van der Waals surface area contributed by atoms with Gasteiger partial charge in [0, 0.05) is 19.2 Å². The third-order valence-corrected chi connectivity index (χ3v) is 5.12. The second-order valence-corrected chi connectivity index (χ2v) is 6.86. The number of nitrogens with one attached hydrogen (secondary N) is 1. The van der Waals surface area contributed by atoms with Gasteiger partial charge in [-0.1, -0.05) is 11.2 Å². The molecule has 1 amide bonds. The predicted octanol–water partition coefficient (Wildman–Crippen LogP) is 3.05. The van der Waals surface area contributed by atoms with Gasteiger partial charge in [-0.3, -0.25) is 4.79 Å². The SMILES string of the molecule is O=C(Nc1ccon1)C1CCCN(c2ccc(-c3cccs3)nn2)C1. The number of carbonyl (C=O) groups excluding carboxylic acids is 1. The Bertz CT molecular complexity index is 817. The molecule has 1 atom stereocenters. The Morgan fingerprint density at radius 2 is 2.24 bits per heavy atom. The van der Waals surface area contributed by atoms with E-state index < -0.39 is 0 Å². The van der Waals surface area contributed by atoms with Crippen molar-refractivity contribution < 1.29 is 9.32 Å². The first-order chi connectivity index (χ1) is 12.3. The number of aromatic nitrogens is 3. The lowest BCUT2D eigenvalue weighted by molar-refractivity contribution is -0.120. The molecule has 7 nitrogen and oxygen atoms in total. The van der Waals surface area contributed by atoms with Gasteiger partial charge in [0.25, 0.3) is 0 Å². The third kappa shape index (κ3) is 3.53. The average Bonchev–Trinajstić information content (AvgIpc) is 3.36. The molecule has 25 heavy (non-hydrogen) atoms. The highest BCUT2D eigenvalue weighted by molar-refractivity contribution is 7.13. The van der Waals surface area contributed by atoms with Crippen LogP contribution in [0.3, 0.4) is 0 Å². The van der Waals surface area contributed by atoms with Crippen LogP contribution >= 0.6 is 11.3 Å². The van der Waals surface area contributed by atoms with E-state index in [-0.39, 0.29) is 11.8 Å². The Hall–Kier alpha value is -2.74. The number of thiophene rings is 1. The summed E-state index contributed by atoms with van der Waals surface area (Å²) >= 11 is 1.64. The molecule has 1 fully saturated rings. The summed E-state index contributed by atoms with van der Waals surface area (Å²) < 4.78 is 4.74. The van der Waals surface area contributed by atoms with E-state index in [1.54, 1.807) is 17.4 Å². The minimum Gasteiger partial charge on any atom is -0.363 e. The molecule has 0 aromatic carbocycles. The highest BCUT2D eigenvalue weighted by Crippen LogP contribution is 2.25. The molecule has 8 heteroatoms. The van der Waals surface area contributed by atoms with Crippen LogP contribution in [0.4, 0.5) is 11.6 Å². The molecule has 4 heterocycles. The highest BCUT2D eigenvalue weighted by Gasteiger charge is 2.27. The van der Waals surface area contributed by atoms with Crippen molar-refractivity contribution in [3.63, 3.8) is 0 Å². The maximum Gasteiger partial charge on any atom is 0.230 e. The highest BCUT2D eigenvalue weighted by atomic mass is 32.1. The van der Waals surface area contributed by atoms with Gasteiger partial charge >= 0.3 is 0 Å². The summed E-state index contributed by atoms with van der Waals surface area (Å²) in [5.74, 6) is 1.10. The predicted molar refractivity (Wildman–Crippen MR) is 95.4 cm³/mol. The topological polar surface area (TPSA) is 84.2 Å². The van der Waals surface area contributed by atoms with Crippen LogP contribution in [0.2, 0.25) is 0 Å². The van der Waals surface area contributed by atoms with E-state index in [1.807, 2.05) is 29.6 Å². The van der Waals surface area contributed by atoms with Crippen molar-refractivity contribution in [2.45, 2.75) is 12.8 Å². The zero-order valence-electron chi connectivity index (χ0n) is 13.5. The zero-order valence-corrected chi connectivity index (χ0v) is 14.3. The molecule has 3 aromatic heterocycles. The van der Waals surface area contributed by atoms with Gasteiger partial charge in [0.15, 0.2) is 11.6 Å². The van der Waals surface area contributed by atoms with Crippen LogP contribution in [0, 0.1) is 5.92 Å². The molecule has 128 valence electrons. The van der Waals surface area contributed by atoms with Crippen molar-refractivity contribution in [3.05, 3.63) is 42.0 Å². The second kappa shape index (κ2) is 7.02. The van der Waals surface area contributed by atoms with Gasteiger partial charge in [0.05, 0.1) is 10.8 Å². The number of rotatable bonds is 4. The molecule has 0 bridgehead atoms. The summed E-state index contributed by atoms with van der Waals surface area (Å²) in [5.41, 5.74) is 0.871. The van der Waals surface area contributed by atoms with E-state index in [0.717, 1.165) is 35.8 Å². The van der Waals surface area contributed by atoms with Crippen molar-refractivity contribution in [2.75, 3.05) is 23.3 Å². The maximum absolute atomic E-state index is 12.4. The molecule has 0 saturated carbocycles. The Kier molecular flexibility index (Phi) is 4.43. The molecular formula is C17H17N5O2S. The number of hydrogen-bond donors (Lipinski definition) is 1. The van der Waals surface area contributed by atoms with Gasteiger partial charge < -0.3 is 14.7 Å². The van der Waals surface area contributed by atoms with Gasteiger partial charge in [0.2, 0.25) is 5.91 Å².